The van der Waals surface area contributed by atoms with E-state index in [1.807, 2.05) is 43.3 Å². The number of benzene rings is 1. The maximum Gasteiger partial charge on any atom is 0.419 e. The van der Waals surface area contributed by atoms with Crippen molar-refractivity contribution in [3.05, 3.63) is 80.2 Å². The molecule has 1 aromatic carbocycles. The molecule has 2 aliphatic heterocycles. The van der Waals surface area contributed by atoms with Gasteiger partial charge in [-0.3, -0.25) is 4.79 Å². The minimum Gasteiger partial charge on any atom is -0.333 e. The van der Waals surface area contributed by atoms with Crippen molar-refractivity contribution in [2.45, 2.75) is 24.6 Å². The largest absolute Gasteiger partial charge is 0.419 e. The Hall–Kier alpha value is -2.42. The molecular formula is C25H26ClF3N3OS+. The van der Waals surface area contributed by atoms with Crippen LogP contribution in [0.25, 0.3) is 0 Å². The fraction of sp³-hybridized carbons (Fsp3) is 0.360. The highest BCUT2D eigenvalue weighted by Gasteiger charge is 2.46. The van der Waals surface area contributed by atoms with Crippen LogP contribution in [0.4, 0.5) is 13.2 Å². The molecule has 180 valence electrons. The predicted molar refractivity (Wildman–Crippen MR) is 130 cm³/mol. The molecule has 0 fully saturated rings. The van der Waals surface area contributed by atoms with Crippen molar-refractivity contribution >= 4 is 35.1 Å². The van der Waals surface area contributed by atoms with Gasteiger partial charge in [-0.15, -0.1) is 11.3 Å². The van der Waals surface area contributed by atoms with Gasteiger partial charge in [0.15, 0.2) is 12.4 Å². The molecule has 0 aliphatic carbocycles. The molecule has 0 N–H and O–H groups in total. The Morgan fingerprint density at radius 3 is 2.65 bits per heavy atom. The molecule has 0 bridgehead atoms. The lowest BCUT2D eigenvalue weighted by Gasteiger charge is -2.34. The number of amides is 1. The monoisotopic (exact) mass is 508 g/mol. The van der Waals surface area contributed by atoms with Gasteiger partial charge in [0.25, 0.3) is 0 Å². The fourth-order valence-electron chi connectivity index (χ4n) is 4.55. The number of thiophene rings is 1. The molecule has 0 saturated heterocycles. The second-order valence-corrected chi connectivity index (χ2v) is 10.6. The normalized spacial score (nSPS) is 20.6. The third-order valence-electron chi connectivity index (χ3n) is 6.06. The smallest absolute Gasteiger partial charge is 0.333 e. The average Bonchev–Trinajstić information content (AvgIpc) is 3.34. The van der Waals surface area contributed by atoms with Gasteiger partial charge in [0.1, 0.15) is 12.6 Å². The van der Waals surface area contributed by atoms with Gasteiger partial charge in [-0.1, -0.05) is 41.9 Å². The molecule has 0 radical (unpaired) electrons. The number of hydrogen-bond acceptors (Lipinski definition) is 3. The number of allylic oxidation sites excluding steroid dienone is 1. The summed E-state index contributed by atoms with van der Waals surface area (Å²) in [6.07, 6.45) is 1.65. The molecule has 0 spiro atoms. The number of carbonyl (C=O) groups is 1. The molecule has 1 amide bonds. The van der Waals surface area contributed by atoms with E-state index in [1.165, 1.54) is 15.9 Å². The molecule has 1 aromatic heterocycles. The number of alkyl halides is 3. The predicted octanol–water partition coefficient (Wildman–Crippen LogP) is 5.25. The van der Waals surface area contributed by atoms with E-state index in [9.17, 15) is 18.0 Å². The molecule has 2 atom stereocenters. The number of fused-ring (bicyclic) bond motifs is 1. The zero-order valence-electron chi connectivity index (χ0n) is 19.1. The van der Waals surface area contributed by atoms with E-state index < -0.39 is 17.7 Å². The highest BCUT2D eigenvalue weighted by Crippen LogP contribution is 2.45. The Morgan fingerprint density at radius 2 is 1.97 bits per heavy atom. The molecule has 9 heteroatoms. The molecule has 4 rings (SSSR count). The summed E-state index contributed by atoms with van der Waals surface area (Å²) in [6, 6.07) is 9.10. The maximum absolute atomic E-state index is 13.8. The average molecular weight is 509 g/mol. The van der Waals surface area contributed by atoms with E-state index in [0.717, 1.165) is 22.2 Å². The molecule has 34 heavy (non-hydrogen) atoms. The van der Waals surface area contributed by atoms with Crippen molar-refractivity contribution in [2.75, 3.05) is 34.2 Å². The van der Waals surface area contributed by atoms with Crippen molar-refractivity contribution < 1.29 is 22.5 Å². The SMILES string of the molecule is CN(C)C/C=C/C(=O)N1Cc2sc(Cl)cc2[C@H](c2ccccc2C2C=[N+](C)C=C2C(F)(F)F)C1. The van der Waals surface area contributed by atoms with E-state index in [0.29, 0.717) is 29.5 Å². The molecule has 1 unspecified atom stereocenters. The third kappa shape index (κ3) is 5.14. The van der Waals surface area contributed by atoms with E-state index >= 15 is 0 Å². The number of hydrogen-bond donors (Lipinski definition) is 0. The third-order valence-corrected chi connectivity index (χ3v) is 7.33. The van der Waals surface area contributed by atoms with Crippen LogP contribution >= 0.6 is 22.9 Å². The molecule has 2 aromatic rings. The lowest BCUT2D eigenvalue weighted by atomic mass is 9.80. The van der Waals surface area contributed by atoms with Crippen molar-refractivity contribution in [2.24, 2.45) is 0 Å². The summed E-state index contributed by atoms with van der Waals surface area (Å²) in [5, 5.41) is 0. The topological polar surface area (TPSA) is 26.6 Å². The quantitative estimate of drug-likeness (QED) is 0.407. The number of rotatable bonds is 5. The Morgan fingerprint density at radius 1 is 1.26 bits per heavy atom. The van der Waals surface area contributed by atoms with Crippen molar-refractivity contribution in [1.82, 2.24) is 9.80 Å². The Labute approximate surface area is 206 Å². The Balaban J connectivity index is 1.74. The van der Waals surface area contributed by atoms with E-state index in [4.69, 9.17) is 11.6 Å². The summed E-state index contributed by atoms with van der Waals surface area (Å²) in [5.41, 5.74) is 1.75. The van der Waals surface area contributed by atoms with Crippen LogP contribution in [-0.2, 0) is 11.3 Å². The summed E-state index contributed by atoms with van der Waals surface area (Å²) in [7, 11) is 5.44. The van der Waals surface area contributed by atoms with Gasteiger partial charge in [-0.2, -0.15) is 13.2 Å². The van der Waals surface area contributed by atoms with Gasteiger partial charge >= 0.3 is 6.18 Å². The van der Waals surface area contributed by atoms with Crippen LogP contribution < -0.4 is 0 Å². The summed E-state index contributed by atoms with van der Waals surface area (Å²) in [5.74, 6) is -1.31. The maximum atomic E-state index is 13.8. The number of nitrogens with zero attached hydrogens (tertiary/aromatic N) is 3. The standard InChI is InChI=1S/C25H26ClF3N3OS/c1-30(2)10-6-9-24(33)32-13-19(18-11-23(26)34-22(18)15-32)16-7-4-5-8-17(16)20-12-31(3)14-21(20)25(27,28)29/h4-9,11-12,14,19-20H,10,13,15H2,1-3H3/q+1/b9-6+/t19-,20?/m0/s1. The zero-order valence-corrected chi connectivity index (χ0v) is 20.7. The molecule has 0 saturated carbocycles. The number of carbonyl (C=O) groups excluding carboxylic acids is 1. The van der Waals surface area contributed by atoms with Crippen LogP contribution in [0.5, 0.6) is 0 Å². The minimum absolute atomic E-state index is 0.123. The van der Waals surface area contributed by atoms with Crippen molar-refractivity contribution in [3.8, 4) is 0 Å². The van der Waals surface area contributed by atoms with Crippen LogP contribution in [0.15, 0.2) is 54.3 Å². The summed E-state index contributed by atoms with van der Waals surface area (Å²) >= 11 is 7.76. The highest BCUT2D eigenvalue weighted by atomic mass is 35.5. The van der Waals surface area contributed by atoms with Crippen LogP contribution in [0.3, 0.4) is 0 Å². The summed E-state index contributed by atoms with van der Waals surface area (Å²) < 4.78 is 43.6. The molecule has 2 aliphatic rings. The van der Waals surface area contributed by atoms with Gasteiger partial charge in [0, 0.05) is 30.0 Å². The van der Waals surface area contributed by atoms with Crippen molar-refractivity contribution in [3.63, 3.8) is 0 Å². The summed E-state index contributed by atoms with van der Waals surface area (Å²) in [6.45, 7) is 1.44. The van der Waals surface area contributed by atoms with E-state index in [-0.39, 0.29) is 11.8 Å². The van der Waals surface area contributed by atoms with Gasteiger partial charge in [0.2, 0.25) is 5.91 Å². The van der Waals surface area contributed by atoms with Crippen LogP contribution in [-0.4, -0.2) is 66.9 Å². The zero-order chi connectivity index (χ0) is 24.6. The van der Waals surface area contributed by atoms with Crippen LogP contribution in [0.2, 0.25) is 4.34 Å². The Kier molecular flexibility index (Phi) is 7.03. The first-order valence-electron chi connectivity index (χ1n) is 10.9. The van der Waals surface area contributed by atoms with Crippen molar-refractivity contribution in [1.29, 1.82) is 0 Å². The molecular weight excluding hydrogens is 483 g/mol. The highest BCUT2D eigenvalue weighted by molar-refractivity contribution is 7.16. The van der Waals surface area contributed by atoms with Crippen LogP contribution in [0.1, 0.15) is 33.4 Å². The minimum atomic E-state index is -4.44. The van der Waals surface area contributed by atoms with E-state index in [2.05, 4.69) is 0 Å². The first-order chi connectivity index (χ1) is 16.0. The van der Waals surface area contributed by atoms with E-state index in [1.54, 1.807) is 36.4 Å². The van der Waals surface area contributed by atoms with Gasteiger partial charge in [-0.05, 0) is 36.9 Å². The lowest BCUT2D eigenvalue weighted by molar-refractivity contribution is -0.415. The molecule has 4 nitrogen and oxygen atoms in total. The lowest BCUT2D eigenvalue weighted by Crippen LogP contribution is -2.37. The first kappa shape index (κ1) is 24.7. The molecule has 3 heterocycles. The fourth-order valence-corrected chi connectivity index (χ4v) is 5.91. The Bertz CT molecular complexity index is 1180. The van der Waals surface area contributed by atoms with Gasteiger partial charge in [-0.25, -0.2) is 4.58 Å². The summed E-state index contributed by atoms with van der Waals surface area (Å²) in [4.78, 5) is 17.6. The second kappa shape index (κ2) is 9.68. The van der Waals surface area contributed by atoms with Gasteiger partial charge < -0.3 is 9.80 Å². The van der Waals surface area contributed by atoms with Gasteiger partial charge in [0.05, 0.1) is 16.8 Å². The second-order valence-electron chi connectivity index (χ2n) is 8.87. The number of halogens is 4. The number of likely N-dealkylation sites (N-methyl/N-ethyl adjacent to an activating group) is 1. The van der Waals surface area contributed by atoms with Crippen LogP contribution in [0, 0.1) is 0 Å². The first-order valence-corrected chi connectivity index (χ1v) is 12.1.